The van der Waals surface area contributed by atoms with E-state index in [1.54, 1.807) is 4.68 Å². The maximum atomic E-state index is 12.6. The predicted octanol–water partition coefficient (Wildman–Crippen LogP) is 4.69. The van der Waals surface area contributed by atoms with E-state index in [0.29, 0.717) is 28.4 Å². The summed E-state index contributed by atoms with van der Waals surface area (Å²) in [6.45, 7) is 0. The Morgan fingerprint density at radius 2 is 1.83 bits per heavy atom. The van der Waals surface area contributed by atoms with E-state index in [2.05, 4.69) is 10.4 Å². The lowest BCUT2D eigenvalue weighted by Crippen LogP contribution is -2.38. The van der Waals surface area contributed by atoms with Crippen molar-refractivity contribution in [3.8, 4) is 16.9 Å². The average molecular weight is 407 g/mol. The van der Waals surface area contributed by atoms with E-state index in [9.17, 15) is 4.79 Å². The number of halogens is 1. The van der Waals surface area contributed by atoms with E-state index >= 15 is 0 Å². The summed E-state index contributed by atoms with van der Waals surface area (Å²) in [4.78, 5) is 12.6. The van der Waals surface area contributed by atoms with Gasteiger partial charge in [0.25, 0.3) is 5.91 Å². The number of hydrogen-bond acceptors (Lipinski definition) is 3. The van der Waals surface area contributed by atoms with Crippen LogP contribution in [0.15, 0.2) is 54.6 Å². The number of nitrogens with one attached hydrogen (secondary N) is 1. The highest BCUT2D eigenvalue weighted by Crippen LogP contribution is 2.44. The molecule has 148 valence electrons. The number of hydrogen-bond donors (Lipinski definition) is 2. The molecule has 0 aliphatic heterocycles. The van der Waals surface area contributed by atoms with Crippen LogP contribution in [0.1, 0.15) is 36.0 Å². The maximum absolute atomic E-state index is 12.6. The summed E-state index contributed by atoms with van der Waals surface area (Å²) in [6.07, 6.45) is 4.99. The van der Waals surface area contributed by atoms with Crippen LogP contribution < -0.4 is 11.1 Å². The van der Waals surface area contributed by atoms with Crippen LogP contribution in [0.4, 0.5) is 5.82 Å². The molecule has 1 aromatic heterocycles. The number of aromatic nitrogens is 2. The summed E-state index contributed by atoms with van der Waals surface area (Å²) in [7, 11) is 0. The largest absolute Gasteiger partial charge is 0.384 e. The normalized spacial score (nSPS) is 22.7. The molecule has 2 bridgehead atoms. The van der Waals surface area contributed by atoms with Crippen LogP contribution in [0.5, 0.6) is 0 Å². The molecular formula is C23H23ClN4O. The van der Waals surface area contributed by atoms with Gasteiger partial charge in [-0.05, 0) is 67.5 Å². The Labute approximate surface area is 174 Å². The summed E-state index contributed by atoms with van der Waals surface area (Å²) in [5.41, 5.74) is 9.38. The van der Waals surface area contributed by atoms with Gasteiger partial charge in [0, 0.05) is 28.3 Å². The molecule has 2 aliphatic carbocycles. The Hall–Kier alpha value is -2.79. The molecule has 5 rings (SSSR count). The van der Waals surface area contributed by atoms with Crippen LogP contribution in [0.2, 0.25) is 5.02 Å². The molecule has 5 nitrogen and oxygen atoms in total. The third kappa shape index (κ3) is 3.51. The lowest BCUT2D eigenvalue weighted by molar-refractivity contribution is 0.0923. The molecule has 3 N–H and O–H groups in total. The zero-order chi connectivity index (χ0) is 20.0. The minimum Gasteiger partial charge on any atom is -0.384 e. The molecule has 2 aliphatic rings. The van der Waals surface area contributed by atoms with Gasteiger partial charge in [0.15, 0.2) is 0 Å². The Morgan fingerprint density at radius 3 is 2.48 bits per heavy atom. The second-order valence-corrected chi connectivity index (χ2v) is 8.61. The fourth-order valence-electron chi connectivity index (χ4n) is 4.79. The topological polar surface area (TPSA) is 72.9 Å². The van der Waals surface area contributed by atoms with Crippen molar-refractivity contribution >= 4 is 23.3 Å². The van der Waals surface area contributed by atoms with Gasteiger partial charge in [0.2, 0.25) is 0 Å². The third-order valence-corrected chi connectivity index (χ3v) is 6.56. The summed E-state index contributed by atoms with van der Waals surface area (Å²) in [6, 6.07) is 17.1. The summed E-state index contributed by atoms with van der Waals surface area (Å²) in [5, 5.41) is 8.52. The molecule has 6 heteroatoms. The van der Waals surface area contributed by atoms with Crippen molar-refractivity contribution in [1.82, 2.24) is 15.1 Å². The smallest absolute Gasteiger partial charge is 0.251 e. The lowest BCUT2D eigenvalue weighted by atomic mass is 9.95. The molecule has 0 saturated heterocycles. The minimum absolute atomic E-state index is 0.00407. The van der Waals surface area contributed by atoms with Gasteiger partial charge in [0.05, 0.1) is 11.4 Å². The fraction of sp³-hybridized carbons (Fsp3) is 0.304. The highest BCUT2D eigenvalue weighted by molar-refractivity contribution is 6.30. The SMILES string of the molecule is Nc1cc(-c2ccc(Cl)cc2)nn1-c1ccc(C(=O)N[C@@H]2C[C@H]3CC[C@@H]2C3)cc1. The number of fused-ring (bicyclic) bond motifs is 2. The first-order chi connectivity index (χ1) is 14.1. The zero-order valence-corrected chi connectivity index (χ0v) is 16.8. The van der Waals surface area contributed by atoms with Gasteiger partial charge in [-0.3, -0.25) is 4.79 Å². The quantitative estimate of drug-likeness (QED) is 0.659. The predicted molar refractivity (Wildman–Crippen MR) is 115 cm³/mol. The number of nitrogen functional groups attached to an aromatic ring is 1. The van der Waals surface area contributed by atoms with Crippen molar-refractivity contribution in [2.45, 2.75) is 31.7 Å². The van der Waals surface area contributed by atoms with Gasteiger partial charge in [-0.2, -0.15) is 5.10 Å². The molecule has 0 radical (unpaired) electrons. The summed E-state index contributed by atoms with van der Waals surface area (Å²) >= 11 is 5.96. The molecule has 1 amide bonds. The molecule has 3 aromatic rings. The Balaban J connectivity index is 1.32. The van der Waals surface area contributed by atoms with Crippen LogP contribution in [0.25, 0.3) is 16.9 Å². The molecule has 2 fully saturated rings. The van der Waals surface area contributed by atoms with Gasteiger partial charge in [-0.1, -0.05) is 30.2 Å². The standard InChI is InChI=1S/C23H23ClN4O/c24-18-7-3-15(4-8-18)21-13-22(25)28(27-21)19-9-5-16(6-10-19)23(29)26-20-12-14-1-2-17(20)11-14/h3-10,13-14,17,20H,1-2,11-12,25H2,(H,26,29)/t14-,17+,20+/m0/s1. The summed E-state index contributed by atoms with van der Waals surface area (Å²) in [5.74, 6) is 2.02. The number of carbonyl (C=O) groups is 1. The second-order valence-electron chi connectivity index (χ2n) is 8.17. The number of amides is 1. The highest BCUT2D eigenvalue weighted by Gasteiger charge is 2.40. The highest BCUT2D eigenvalue weighted by atomic mass is 35.5. The molecule has 0 spiro atoms. The Bertz CT molecular complexity index is 1040. The van der Waals surface area contributed by atoms with Crippen molar-refractivity contribution in [2.24, 2.45) is 11.8 Å². The molecule has 2 saturated carbocycles. The first kappa shape index (κ1) is 18.3. The van der Waals surface area contributed by atoms with Gasteiger partial charge >= 0.3 is 0 Å². The first-order valence-corrected chi connectivity index (χ1v) is 10.5. The number of carbonyl (C=O) groups excluding carboxylic acids is 1. The fourth-order valence-corrected chi connectivity index (χ4v) is 4.92. The van der Waals surface area contributed by atoms with Gasteiger partial charge in [-0.25, -0.2) is 4.68 Å². The number of anilines is 1. The zero-order valence-electron chi connectivity index (χ0n) is 16.0. The molecule has 2 aromatic carbocycles. The maximum Gasteiger partial charge on any atom is 0.251 e. The van der Waals surface area contributed by atoms with Crippen molar-refractivity contribution < 1.29 is 4.79 Å². The summed E-state index contributed by atoms with van der Waals surface area (Å²) < 4.78 is 1.68. The molecule has 1 heterocycles. The van der Waals surface area contributed by atoms with Crippen molar-refractivity contribution in [1.29, 1.82) is 0 Å². The molecule has 3 atom stereocenters. The van der Waals surface area contributed by atoms with Crippen LogP contribution in [0.3, 0.4) is 0 Å². The van der Waals surface area contributed by atoms with Crippen LogP contribution in [-0.2, 0) is 0 Å². The Morgan fingerprint density at radius 1 is 1.07 bits per heavy atom. The van der Waals surface area contributed by atoms with Gasteiger partial charge in [0.1, 0.15) is 5.82 Å². The van der Waals surface area contributed by atoms with Crippen LogP contribution in [0, 0.1) is 11.8 Å². The van der Waals surface area contributed by atoms with E-state index in [-0.39, 0.29) is 5.91 Å². The number of nitrogens with two attached hydrogens (primary N) is 1. The molecular weight excluding hydrogens is 384 g/mol. The van der Waals surface area contributed by atoms with Crippen molar-refractivity contribution in [2.75, 3.05) is 5.73 Å². The Kier molecular flexibility index (Phi) is 4.55. The molecule has 0 unspecified atom stereocenters. The van der Waals surface area contributed by atoms with E-state index in [4.69, 9.17) is 17.3 Å². The van der Waals surface area contributed by atoms with E-state index in [1.165, 1.54) is 19.3 Å². The third-order valence-electron chi connectivity index (χ3n) is 6.31. The first-order valence-electron chi connectivity index (χ1n) is 10.1. The van der Waals surface area contributed by atoms with Gasteiger partial charge < -0.3 is 11.1 Å². The van der Waals surface area contributed by atoms with Gasteiger partial charge in [-0.15, -0.1) is 0 Å². The number of benzene rings is 2. The number of rotatable bonds is 4. The number of nitrogens with zero attached hydrogens (tertiary/aromatic N) is 2. The molecule has 29 heavy (non-hydrogen) atoms. The average Bonchev–Trinajstić information content (AvgIpc) is 3.44. The second kappa shape index (κ2) is 7.23. The van der Waals surface area contributed by atoms with Crippen molar-refractivity contribution in [3.63, 3.8) is 0 Å². The van der Waals surface area contributed by atoms with Crippen LogP contribution in [-0.4, -0.2) is 21.7 Å². The lowest BCUT2D eigenvalue weighted by Gasteiger charge is -2.22. The van der Waals surface area contributed by atoms with E-state index in [1.807, 2.05) is 54.6 Å². The monoisotopic (exact) mass is 406 g/mol. The van der Waals surface area contributed by atoms with Crippen molar-refractivity contribution in [3.05, 3.63) is 65.2 Å². The van der Waals surface area contributed by atoms with E-state index < -0.39 is 0 Å². The minimum atomic E-state index is 0.00407. The van der Waals surface area contributed by atoms with Crippen LogP contribution >= 0.6 is 11.6 Å². The van der Waals surface area contributed by atoms with E-state index in [0.717, 1.165) is 29.3 Å².